The zero-order chi connectivity index (χ0) is 18.6. The summed E-state index contributed by atoms with van der Waals surface area (Å²) < 4.78 is 11.3. The summed E-state index contributed by atoms with van der Waals surface area (Å²) in [6.45, 7) is 16.7. The van der Waals surface area contributed by atoms with E-state index in [9.17, 15) is 0 Å². The molecule has 0 radical (unpaired) electrons. The van der Waals surface area contributed by atoms with Crippen LogP contribution in [0.15, 0.2) is 4.99 Å². The Hall–Kier alpha value is -0.850. The van der Waals surface area contributed by atoms with Gasteiger partial charge in [0.1, 0.15) is 0 Å². The molecule has 0 saturated carbocycles. The van der Waals surface area contributed by atoms with Gasteiger partial charge in [0.05, 0.1) is 6.10 Å². The van der Waals surface area contributed by atoms with Crippen LogP contribution in [0.2, 0.25) is 0 Å². The largest absolute Gasteiger partial charge is 0.381 e. The van der Waals surface area contributed by atoms with Crippen molar-refractivity contribution in [1.29, 1.82) is 0 Å². The molecule has 0 amide bonds. The Morgan fingerprint density at radius 1 is 1.19 bits per heavy atom. The maximum Gasteiger partial charge on any atom is 0.193 e. The number of ether oxygens (including phenoxy) is 2. The van der Waals surface area contributed by atoms with E-state index in [-0.39, 0.29) is 0 Å². The second kappa shape index (κ2) is 12.5. The molecule has 2 saturated heterocycles. The Balaban J connectivity index is 1.70. The van der Waals surface area contributed by atoms with Crippen molar-refractivity contribution >= 4 is 5.96 Å². The fraction of sp³-hybridized carbons (Fsp3) is 0.950. The van der Waals surface area contributed by atoms with E-state index in [4.69, 9.17) is 14.5 Å². The van der Waals surface area contributed by atoms with Gasteiger partial charge in [-0.15, -0.1) is 0 Å². The second-order valence-electron chi connectivity index (χ2n) is 7.36. The van der Waals surface area contributed by atoms with Crippen molar-refractivity contribution in [2.24, 2.45) is 10.9 Å². The average molecular weight is 369 g/mol. The van der Waals surface area contributed by atoms with Gasteiger partial charge in [0, 0.05) is 52.5 Å². The molecule has 0 bridgehead atoms. The summed E-state index contributed by atoms with van der Waals surface area (Å²) in [7, 11) is 0. The first-order chi connectivity index (χ1) is 12.8. The van der Waals surface area contributed by atoms with Crippen molar-refractivity contribution in [3.63, 3.8) is 0 Å². The van der Waals surface area contributed by atoms with E-state index >= 15 is 0 Å². The smallest absolute Gasteiger partial charge is 0.193 e. The first-order valence-corrected chi connectivity index (χ1v) is 10.7. The van der Waals surface area contributed by atoms with Crippen molar-refractivity contribution in [3.8, 4) is 0 Å². The maximum absolute atomic E-state index is 5.95. The Morgan fingerprint density at radius 2 is 1.96 bits per heavy atom. The minimum absolute atomic E-state index is 0.389. The Labute approximate surface area is 160 Å². The predicted molar refractivity (Wildman–Crippen MR) is 108 cm³/mol. The van der Waals surface area contributed by atoms with E-state index in [0.29, 0.717) is 6.10 Å². The molecule has 0 aromatic heterocycles. The van der Waals surface area contributed by atoms with E-state index in [0.717, 1.165) is 90.2 Å². The van der Waals surface area contributed by atoms with E-state index in [1.165, 1.54) is 13.0 Å². The molecule has 2 rings (SSSR count). The topological polar surface area (TPSA) is 49.3 Å². The molecule has 2 aliphatic heterocycles. The van der Waals surface area contributed by atoms with Crippen molar-refractivity contribution < 1.29 is 9.47 Å². The van der Waals surface area contributed by atoms with E-state index in [1.807, 2.05) is 0 Å². The SMILES string of the molecule is CCNC(=NCCCOC1CCOCC1)N1CCC(CN(CC)CC)C1. The van der Waals surface area contributed by atoms with Crippen LogP contribution in [-0.4, -0.2) is 87.5 Å². The van der Waals surface area contributed by atoms with Crippen LogP contribution in [0.4, 0.5) is 0 Å². The Morgan fingerprint density at radius 3 is 2.65 bits per heavy atom. The third-order valence-electron chi connectivity index (χ3n) is 5.42. The molecule has 2 fully saturated rings. The number of nitrogens with zero attached hydrogens (tertiary/aromatic N) is 3. The van der Waals surface area contributed by atoms with Gasteiger partial charge >= 0.3 is 0 Å². The molecular formula is C20H40N4O2. The second-order valence-corrected chi connectivity index (χ2v) is 7.36. The molecule has 0 aromatic rings. The van der Waals surface area contributed by atoms with Gasteiger partial charge in [-0.2, -0.15) is 0 Å². The highest BCUT2D eigenvalue weighted by Crippen LogP contribution is 2.17. The lowest BCUT2D eigenvalue weighted by Crippen LogP contribution is -2.41. The molecule has 1 atom stereocenters. The van der Waals surface area contributed by atoms with Gasteiger partial charge < -0.3 is 24.6 Å². The molecule has 0 aromatic carbocycles. The molecule has 2 aliphatic rings. The van der Waals surface area contributed by atoms with Crippen LogP contribution in [0, 0.1) is 5.92 Å². The van der Waals surface area contributed by atoms with E-state index < -0.39 is 0 Å². The van der Waals surface area contributed by atoms with Crippen LogP contribution >= 0.6 is 0 Å². The van der Waals surface area contributed by atoms with Gasteiger partial charge in [-0.3, -0.25) is 4.99 Å². The first kappa shape index (κ1) is 21.5. The minimum atomic E-state index is 0.389. The number of rotatable bonds is 10. The summed E-state index contributed by atoms with van der Waals surface area (Å²) in [6, 6.07) is 0. The third-order valence-corrected chi connectivity index (χ3v) is 5.42. The van der Waals surface area contributed by atoms with E-state index in [2.05, 4.69) is 35.9 Å². The summed E-state index contributed by atoms with van der Waals surface area (Å²) in [5, 5.41) is 3.47. The van der Waals surface area contributed by atoms with Crippen LogP contribution in [0.1, 0.15) is 46.5 Å². The molecule has 6 heteroatoms. The van der Waals surface area contributed by atoms with E-state index in [1.54, 1.807) is 0 Å². The van der Waals surface area contributed by atoms with Crippen LogP contribution in [0.25, 0.3) is 0 Å². The first-order valence-electron chi connectivity index (χ1n) is 10.7. The van der Waals surface area contributed by atoms with Gasteiger partial charge in [0.2, 0.25) is 0 Å². The number of likely N-dealkylation sites (tertiary alicyclic amines) is 1. The molecule has 26 heavy (non-hydrogen) atoms. The van der Waals surface area contributed by atoms with Crippen molar-refractivity contribution in [3.05, 3.63) is 0 Å². The molecule has 2 heterocycles. The number of nitrogens with one attached hydrogen (secondary N) is 1. The quantitative estimate of drug-likeness (QED) is 0.364. The fourth-order valence-electron chi connectivity index (χ4n) is 3.79. The summed E-state index contributed by atoms with van der Waals surface area (Å²) in [5.74, 6) is 1.84. The lowest BCUT2D eigenvalue weighted by atomic mass is 10.1. The zero-order valence-electron chi connectivity index (χ0n) is 17.2. The number of hydrogen-bond acceptors (Lipinski definition) is 4. The fourth-order valence-corrected chi connectivity index (χ4v) is 3.79. The summed E-state index contributed by atoms with van der Waals surface area (Å²) in [4.78, 5) is 9.82. The number of guanidine groups is 1. The molecule has 152 valence electrons. The lowest BCUT2D eigenvalue weighted by Gasteiger charge is -2.24. The van der Waals surface area contributed by atoms with Gasteiger partial charge in [0.25, 0.3) is 0 Å². The Kier molecular flexibility index (Phi) is 10.3. The molecule has 1 unspecified atom stereocenters. The van der Waals surface area contributed by atoms with Crippen LogP contribution in [0.5, 0.6) is 0 Å². The minimum Gasteiger partial charge on any atom is -0.381 e. The van der Waals surface area contributed by atoms with Gasteiger partial charge in [-0.05, 0) is 51.6 Å². The molecular weight excluding hydrogens is 328 g/mol. The van der Waals surface area contributed by atoms with Crippen LogP contribution < -0.4 is 5.32 Å². The predicted octanol–water partition coefficient (Wildman–Crippen LogP) is 2.20. The normalized spacial score (nSPS) is 22.4. The van der Waals surface area contributed by atoms with Gasteiger partial charge in [-0.25, -0.2) is 0 Å². The van der Waals surface area contributed by atoms with Gasteiger partial charge in [0.15, 0.2) is 5.96 Å². The highest BCUT2D eigenvalue weighted by atomic mass is 16.5. The molecule has 1 N–H and O–H groups in total. The highest BCUT2D eigenvalue weighted by molar-refractivity contribution is 5.80. The monoisotopic (exact) mass is 368 g/mol. The number of hydrogen-bond donors (Lipinski definition) is 1. The maximum atomic E-state index is 5.95. The van der Waals surface area contributed by atoms with Crippen LogP contribution in [-0.2, 0) is 9.47 Å². The molecule has 0 spiro atoms. The average Bonchev–Trinajstić information content (AvgIpc) is 3.14. The standard InChI is InChI=1S/C20H40N4O2/c1-4-21-20(22-11-7-13-26-19-9-14-25-15-10-19)24-12-8-18(17-24)16-23(5-2)6-3/h18-19H,4-17H2,1-3H3,(H,21,22). The highest BCUT2D eigenvalue weighted by Gasteiger charge is 2.25. The van der Waals surface area contributed by atoms with Crippen LogP contribution in [0.3, 0.4) is 0 Å². The van der Waals surface area contributed by atoms with Crippen molar-refractivity contribution in [1.82, 2.24) is 15.1 Å². The zero-order valence-corrected chi connectivity index (χ0v) is 17.2. The van der Waals surface area contributed by atoms with Crippen molar-refractivity contribution in [2.45, 2.75) is 52.6 Å². The third kappa shape index (κ3) is 7.41. The summed E-state index contributed by atoms with van der Waals surface area (Å²) >= 11 is 0. The van der Waals surface area contributed by atoms with Gasteiger partial charge in [-0.1, -0.05) is 13.8 Å². The number of aliphatic imine (C=N–C) groups is 1. The Bertz CT molecular complexity index is 395. The molecule has 6 nitrogen and oxygen atoms in total. The lowest BCUT2D eigenvalue weighted by molar-refractivity contribution is -0.0318. The summed E-state index contributed by atoms with van der Waals surface area (Å²) in [6.07, 6.45) is 4.72. The summed E-state index contributed by atoms with van der Waals surface area (Å²) in [5.41, 5.74) is 0. The van der Waals surface area contributed by atoms with Crippen molar-refractivity contribution in [2.75, 3.05) is 65.6 Å². The molecule has 0 aliphatic carbocycles.